The number of nitrogens with one attached hydrogen (secondary N) is 1. The molecule has 6 nitrogen and oxygen atoms in total. The van der Waals surface area contributed by atoms with Gasteiger partial charge in [0.2, 0.25) is 0 Å². The largest absolute Gasteiger partial charge is 0.508 e. The normalized spacial score (nSPS) is 10.6. The molecule has 150 valence electrons. The summed E-state index contributed by atoms with van der Waals surface area (Å²) in [5, 5.41) is 12.0. The lowest BCUT2D eigenvalue weighted by Crippen LogP contribution is -2.14. The number of phenolic OH excluding ortho intramolecular Hbond substituents is 1. The van der Waals surface area contributed by atoms with E-state index < -0.39 is 11.9 Å². The summed E-state index contributed by atoms with van der Waals surface area (Å²) in [6, 6.07) is 19.4. The lowest BCUT2D eigenvalue weighted by molar-refractivity contribution is -0.131. The number of benzene rings is 3. The molecule has 3 aromatic carbocycles. The molecule has 0 fully saturated rings. The minimum absolute atomic E-state index is 0.159. The fourth-order valence-corrected chi connectivity index (χ4v) is 2.67. The first-order valence-electron chi connectivity index (χ1n) is 9.12. The number of hydrogen-bond acceptors (Lipinski definition) is 5. The first kappa shape index (κ1) is 20.5. The van der Waals surface area contributed by atoms with Gasteiger partial charge in [0.1, 0.15) is 11.5 Å². The van der Waals surface area contributed by atoms with Crippen LogP contribution in [0.1, 0.15) is 33.2 Å². The van der Waals surface area contributed by atoms with Crippen LogP contribution in [0.2, 0.25) is 0 Å². The molecule has 3 rings (SSSR count). The highest BCUT2D eigenvalue weighted by atomic mass is 16.5. The van der Waals surface area contributed by atoms with Gasteiger partial charge in [0.05, 0.1) is 5.56 Å². The number of ether oxygens (including phenoxy) is 1. The lowest BCUT2D eigenvalue weighted by Gasteiger charge is -2.09. The van der Waals surface area contributed by atoms with Crippen molar-refractivity contribution in [3.8, 4) is 11.5 Å². The van der Waals surface area contributed by atoms with Crippen molar-refractivity contribution in [2.75, 3.05) is 5.32 Å². The molecule has 0 aliphatic carbocycles. The number of ketones is 1. The van der Waals surface area contributed by atoms with Crippen LogP contribution < -0.4 is 10.1 Å². The minimum atomic E-state index is -0.515. The highest BCUT2D eigenvalue weighted by Gasteiger charge is 2.14. The zero-order valence-electron chi connectivity index (χ0n) is 16.2. The molecular weight excluding hydrogens is 382 g/mol. The SMILES string of the molecule is CC(=O)Oc1ccccc1C(=O)Nc1ccc(C(=O)/C=C/c2ccc(O)cc2)cc1. The Morgan fingerprint density at radius 1 is 0.900 bits per heavy atom. The van der Waals surface area contributed by atoms with Crippen molar-refractivity contribution < 1.29 is 24.2 Å². The van der Waals surface area contributed by atoms with Gasteiger partial charge < -0.3 is 15.2 Å². The number of rotatable bonds is 6. The molecule has 0 spiro atoms. The van der Waals surface area contributed by atoms with Crippen molar-refractivity contribution in [3.05, 3.63) is 95.6 Å². The second-order valence-electron chi connectivity index (χ2n) is 6.41. The summed E-state index contributed by atoms with van der Waals surface area (Å²) in [6.45, 7) is 1.26. The molecule has 0 bridgehead atoms. The Balaban J connectivity index is 1.67. The summed E-state index contributed by atoms with van der Waals surface area (Å²) >= 11 is 0. The zero-order chi connectivity index (χ0) is 21.5. The van der Waals surface area contributed by atoms with Gasteiger partial charge in [-0.25, -0.2) is 0 Å². The highest BCUT2D eigenvalue weighted by Crippen LogP contribution is 2.20. The fraction of sp³-hybridized carbons (Fsp3) is 0.0417. The summed E-state index contributed by atoms with van der Waals surface area (Å²) in [4.78, 5) is 36.0. The van der Waals surface area contributed by atoms with Crippen LogP contribution in [0.25, 0.3) is 6.08 Å². The molecule has 0 saturated carbocycles. The van der Waals surface area contributed by atoms with Gasteiger partial charge in [0.25, 0.3) is 5.91 Å². The Hall–Kier alpha value is -4.19. The molecule has 2 N–H and O–H groups in total. The molecular formula is C24H19NO5. The van der Waals surface area contributed by atoms with Gasteiger partial charge in [0, 0.05) is 18.2 Å². The Kier molecular flexibility index (Phi) is 6.39. The molecule has 0 aliphatic rings. The Bertz CT molecular complexity index is 1100. The van der Waals surface area contributed by atoms with Gasteiger partial charge in [-0.1, -0.05) is 30.3 Å². The van der Waals surface area contributed by atoms with Gasteiger partial charge in [-0.2, -0.15) is 0 Å². The smallest absolute Gasteiger partial charge is 0.308 e. The highest BCUT2D eigenvalue weighted by molar-refractivity contribution is 6.08. The third-order valence-electron chi connectivity index (χ3n) is 4.13. The van der Waals surface area contributed by atoms with Crippen molar-refractivity contribution in [3.63, 3.8) is 0 Å². The number of phenols is 1. The van der Waals surface area contributed by atoms with E-state index in [2.05, 4.69) is 5.32 Å². The van der Waals surface area contributed by atoms with E-state index in [4.69, 9.17) is 4.74 Å². The van der Waals surface area contributed by atoms with Gasteiger partial charge in [-0.3, -0.25) is 14.4 Å². The average molecular weight is 401 g/mol. The van der Waals surface area contributed by atoms with Crippen molar-refractivity contribution in [2.45, 2.75) is 6.92 Å². The number of anilines is 1. The van der Waals surface area contributed by atoms with Gasteiger partial charge in [-0.15, -0.1) is 0 Å². The van der Waals surface area contributed by atoms with Crippen LogP contribution in [0.15, 0.2) is 78.9 Å². The molecule has 1 amide bonds. The number of hydrogen-bond donors (Lipinski definition) is 2. The van der Waals surface area contributed by atoms with Gasteiger partial charge in [-0.05, 0) is 60.2 Å². The predicted molar refractivity (Wildman–Crippen MR) is 114 cm³/mol. The standard InChI is InChI=1S/C24H19NO5/c1-16(26)30-23-5-3-2-4-21(23)24(29)25-19-11-9-18(10-12-19)22(28)15-8-17-6-13-20(27)14-7-17/h2-15,27H,1H3,(H,25,29)/b15-8+. The first-order chi connectivity index (χ1) is 14.4. The molecule has 3 aromatic rings. The molecule has 0 heterocycles. The molecule has 30 heavy (non-hydrogen) atoms. The Morgan fingerprint density at radius 3 is 2.23 bits per heavy atom. The van der Waals surface area contributed by atoms with Crippen molar-refractivity contribution in [1.29, 1.82) is 0 Å². The van der Waals surface area contributed by atoms with Crippen LogP contribution in [0, 0.1) is 0 Å². The second kappa shape index (κ2) is 9.34. The summed E-state index contributed by atoms with van der Waals surface area (Å²) in [5.74, 6) is -0.807. The molecule has 0 saturated heterocycles. The maximum absolute atomic E-state index is 12.5. The molecule has 6 heteroatoms. The summed E-state index contributed by atoms with van der Waals surface area (Å²) in [6.07, 6.45) is 3.10. The van der Waals surface area contributed by atoms with E-state index in [-0.39, 0.29) is 22.8 Å². The van der Waals surface area contributed by atoms with Crippen LogP contribution in [0.5, 0.6) is 11.5 Å². The number of para-hydroxylation sites is 1. The van der Waals surface area contributed by atoms with E-state index in [1.807, 2.05) is 0 Å². The Morgan fingerprint density at radius 2 is 1.57 bits per heavy atom. The number of amides is 1. The predicted octanol–water partition coefficient (Wildman–Crippen LogP) is 4.47. The van der Waals surface area contributed by atoms with Crippen molar-refractivity contribution >= 4 is 29.4 Å². The minimum Gasteiger partial charge on any atom is -0.508 e. The van der Waals surface area contributed by atoms with E-state index in [1.165, 1.54) is 13.0 Å². The van der Waals surface area contributed by atoms with Crippen molar-refractivity contribution in [1.82, 2.24) is 0 Å². The number of aromatic hydroxyl groups is 1. The molecule has 0 aromatic heterocycles. The zero-order valence-corrected chi connectivity index (χ0v) is 16.2. The van der Waals surface area contributed by atoms with Gasteiger partial charge >= 0.3 is 5.97 Å². The van der Waals surface area contributed by atoms with E-state index in [9.17, 15) is 19.5 Å². The summed E-state index contributed by atoms with van der Waals surface area (Å²) < 4.78 is 5.06. The number of allylic oxidation sites excluding steroid dienone is 1. The van der Waals surface area contributed by atoms with Crippen LogP contribution >= 0.6 is 0 Å². The molecule has 0 radical (unpaired) electrons. The monoisotopic (exact) mass is 401 g/mol. The van der Waals surface area contributed by atoms with E-state index in [0.29, 0.717) is 11.3 Å². The maximum atomic E-state index is 12.5. The van der Waals surface area contributed by atoms with Crippen LogP contribution in [0.4, 0.5) is 5.69 Å². The van der Waals surface area contributed by atoms with E-state index >= 15 is 0 Å². The lowest BCUT2D eigenvalue weighted by atomic mass is 10.1. The maximum Gasteiger partial charge on any atom is 0.308 e. The summed E-state index contributed by atoms with van der Waals surface area (Å²) in [5.41, 5.74) is 1.97. The van der Waals surface area contributed by atoms with E-state index in [1.54, 1.807) is 78.9 Å². The van der Waals surface area contributed by atoms with Crippen LogP contribution in [0.3, 0.4) is 0 Å². The molecule has 0 atom stereocenters. The third kappa shape index (κ3) is 5.42. The quantitative estimate of drug-likeness (QED) is 0.275. The van der Waals surface area contributed by atoms with E-state index in [0.717, 1.165) is 5.56 Å². The average Bonchev–Trinajstić information content (AvgIpc) is 2.73. The van der Waals surface area contributed by atoms with Gasteiger partial charge in [0.15, 0.2) is 5.78 Å². The number of carbonyl (C=O) groups is 3. The molecule has 0 aliphatic heterocycles. The Labute approximate surface area is 173 Å². The van der Waals surface area contributed by atoms with Crippen LogP contribution in [-0.4, -0.2) is 22.8 Å². The first-order valence-corrected chi connectivity index (χ1v) is 9.12. The van der Waals surface area contributed by atoms with Crippen molar-refractivity contribution in [2.24, 2.45) is 0 Å². The number of carbonyl (C=O) groups excluding carboxylic acids is 3. The fourth-order valence-electron chi connectivity index (χ4n) is 2.67. The number of esters is 1. The second-order valence-corrected chi connectivity index (χ2v) is 6.41. The summed E-state index contributed by atoms with van der Waals surface area (Å²) in [7, 11) is 0. The third-order valence-corrected chi connectivity index (χ3v) is 4.13. The topological polar surface area (TPSA) is 92.7 Å². The van der Waals surface area contributed by atoms with Crippen LogP contribution in [-0.2, 0) is 4.79 Å². The molecule has 0 unspecified atom stereocenters.